The molecule has 0 aromatic heterocycles. The summed E-state index contributed by atoms with van der Waals surface area (Å²) in [6, 6.07) is 0. The third-order valence-electron chi connectivity index (χ3n) is 1.10. The Morgan fingerprint density at radius 2 is 2.57 bits per heavy atom. The molecule has 1 aliphatic heterocycles. The number of hydrogen-bond donors (Lipinski definition) is 1. The molecule has 2 nitrogen and oxygen atoms in total. The fourth-order valence-corrected chi connectivity index (χ4v) is 0.731. The van der Waals surface area contributed by atoms with E-state index in [1.165, 1.54) is 0 Å². The highest BCUT2D eigenvalue weighted by atomic mass is 16.3. The fraction of sp³-hybridized carbons (Fsp3) is 0.800. The highest BCUT2D eigenvalue weighted by molar-refractivity contribution is 5.83. The van der Waals surface area contributed by atoms with Crippen LogP contribution in [0.5, 0.6) is 0 Å². The first-order valence-electron chi connectivity index (χ1n) is 2.47. The Morgan fingerprint density at radius 3 is 2.71 bits per heavy atom. The minimum atomic E-state index is -0.181. The van der Waals surface area contributed by atoms with Crippen molar-refractivity contribution in [2.24, 2.45) is 4.99 Å². The van der Waals surface area contributed by atoms with E-state index < -0.39 is 0 Å². The summed E-state index contributed by atoms with van der Waals surface area (Å²) in [6.45, 7) is 2.56. The van der Waals surface area contributed by atoms with Gasteiger partial charge in [-0.2, -0.15) is 0 Å². The topological polar surface area (TPSA) is 32.6 Å². The van der Waals surface area contributed by atoms with Gasteiger partial charge >= 0.3 is 0 Å². The minimum Gasteiger partial charge on any atom is -0.391 e. The zero-order valence-electron chi connectivity index (χ0n) is 4.39. The number of rotatable bonds is 0. The standard InChI is InChI=1S/C5H9NO/c1-4-2-5(7)3-6-4/h5,7H,2-3H2,1H3/t5-/m0/s1. The van der Waals surface area contributed by atoms with Gasteiger partial charge in [0.2, 0.25) is 0 Å². The van der Waals surface area contributed by atoms with E-state index in [-0.39, 0.29) is 6.10 Å². The van der Waals surface area contributed by atoms with E-state index in [1.807, 2.05) is 6.92 Å². The average molecular weight is 99.1 g/mol. The van der Waals surface area contributed by atoms with Gasteiger partial charge in [0, 0.05) is 12.1 Å². The third-order valence-corrected chi connectivity index (χ3v) is 1.10. The van der Waals surface area contributed by atoms with Gasteiger partial charge in [-0.05, 0) is 6.92 Å². The van der Waals surface area contributed by atoms with Gasteiger partial charge in [-0.3, -0.25) is 4.99 Å². The number of aliphatic hydroxyl groups is 1. The first kappa shape index (κ1) is 4.78. The molecular weight excluding hydrogens is 90.1 g/mol. The molecule has 0 saturated heterocycles. The van der Waals surface area contributed by atoms with Crippen molar-refractivity contribution in [2.45, 2.75) is 19.4 Å². The molecule has 0 aromatic rings. The Labute approximate surface area is 42.9 Å². The molecule has 7 heavy (non-hydrogen) atoms. The number of nitrogens with zero attached hydrogens (tertiary/aromatic N) is 1. The lowest BCUT2D eigenvalue weighted by atomic mass is 10.2. The van der Waals surface area contributed by atoms with E-state index in [0.29, 0.717) is 6.54 Å². The second-order valence-electron chi connectivity index (χ2n) is 1.93. The first-order valence-corrected chi connectivity index (χ1v) is 2.47. The van der Waals surface area contributed by atoms with Crippen LogP contribution in [0.3, 0.4) is 0 Å². The van der Waals surface area contributed by atoms with Crippen LogP contribution in [-0.2, 0) is 0 Å². The quantitative estimate of drug-likeness (QED) is 0.462. The molecule has 0 amide bonds. The molecule has 0 aromatic carbocycles. The molecule has 1 atom stereocenters. The number of aliphatic hydroxyl groups excluding tert-OH is 1. The van der Waals surface area contributed by atoms with E-state index in [0.717, 1.165) is 12.1 Å². The lowest BCUT2D eigenvalue weighted by molar-refractivity contribution is 0.200. The Bertz CT molecular complexity index is 98.3. The van der Waals surface area contributed by atoms with Crippen molar-refractivity contribution < 1.29 is 5.11 Å². The SMILES string of the molecule is CC1=NC[C@@H](O)C1. The van der Waals surface area contributed by atoms with Crippen molar-refractivity contribution in [3.63, 3.8) is 0 Å². The first-order chi connectivity index (χ1) is 3.29. The third kappa shape index (κ3) is 0.996. The summed E-state index contributed by atoms with van der Waals surface area (Å²) in [5.74, 6) is 0. The molecule has 0 aliphatic carbocycles. The van der Waals surface area contributed by atoms with Crippen LogP contribution in [0.15, 0.2) is 4.99 Å². The van der Waals surface area contributed by atoms with E-state index >= 15 is 0 Å². The van der Waals surface area contributed by atoms with Crippen LogP contribution in [-0.4, -0.2) is 23.5 Å². The van der Waals surface area contributed by atoms with Gasteiger partial charge < -0.3 is 5.11 Å². The summed E-state index contributed by atoms with van der Waals surface area (Å²) >= 11 is 0. The monoisotopic (exact) mass is 99.1 g/mol. The molecule has 1 rings (SSSR count). The van der Waals surface area contributed by atoms with Crippen molar-refractivity contribution in [1.82, 2.24) is 0 Å². The lowest BCUT2D eigenvalue weighted by Crippen LogP contribution is -2.04. The zero-order valence-corrected chi connectivity index (χ0v) is 4.39. The largest absolute Gasteiger partial charge is 0.391 e. The minimum absolute atomic E-state index is 0.181. The zero-order chi connectivity index (χ0) is 5.28. The maximum absolute atomic E-state index is 8.78. The number of aliphatic imine (C=N–C) groups is 1. The predicted molar refractivity (Wildman–Crippen MR) is 28.6 cm³/mol. The van der Waals surface area contributed by atoms with Crippen LogP contribution in [0.4, 0.5) is 0 Å². The maximum Gasteiger partial charge on any atom is 0.0787 e. The van der Waals surface area contributed by atoms with Gasteiger partial charge in [0.15, 0.2) is 0 Å². The van der Waals surface area contributed by atoms with Gasteiger partial charge in [0.25, 0.3) is 0 Å². The number of hydrogen-bond acceptors (Lipinski definition) is 2. The van der Waals surface area contributed by atoms with Crippen molar-refractivity contribution in [2.75, 3.05) is 6.54 Å². The second-order valence-corrected chi connectivity index (χ2v) is 1.93. The molecule has 1 N–H and O–H groups in total. The summed E-state index contributed by atoms with van der Waals surface area (Å²) in [6.07, 6.45) is 0.597. The molecule has 0 bridgehead atoms. The lowest BCUT2D eigenvalue weighted by Gasteiger charge is -1.92. The molecule has 1 heterocycles. The summed E-state index contributed by atoms with van der Waals surface area (Å²) in [5.41, 5.74) is 1.08. The van der Waals surface area contributed by atoms with E-state index in [4.69, 9.17) is 5.11 Å². The average Bonchev–Trinajstić information content (AvgIpc) is 1.87. The van der Waals surface area contributed by atoms with Gasteiger partial charge in [-0.25, -0.2) is 0 Å². The van der Waals surface area contributed by atoms with Gasteiger partial charge in [0.1, 0.15) is 0 Å². The van der Waals surface area contributed by atoms with Gasteiger partial charge in [-0.15, -0.1) is 0 Å². The van der Waals surface area contributed by atoms with Crippen LogP contribution in [0.25, 0.3) is 0 Å². The molecule has 0 radical (unpaired) electrons. The Kier molecular flexibility index (Phi) is 1.11. The normalized spacial score (nSPS) is 30.6. The summed E-state index contributed by atoms with van der Waals surface area (Å²) in [5, 5.41) is 8.78. The van der Waals surface area contributed by atoms with Crippen LogP contribution in [0, 0.1) is 0 Å². The van der Waals surface area contributed by atoms with Crippen LogP contribution < -0.4 is 0 Å². The van der Waals surface area contributed by atoms with Crippen molar-refractivity contribution in [1.29, 1.82) is 0 Å². The maximum atomic E-state index is 8.78. The van der Waals surface area contributed by atoms with Crippen molar-refractivity contribution in [3.05, 3.63) is 0 Å². The van der Waals surface area contributed by atoms with Crippen LogP contribution >= 0.6 is 0 Å². The molecular formula is C5H9NO. The Morgan fingerprint density at radius 1 is 1.86 bits per heavy atom. The Hall–Kier alpha value is -0.370. The van der Waals surface area contributed by atoms with Crippen molar-refractivity contribution in [3.8, 4) is 0 Å². The smallest absolute Gasteiger partial charge is 0.0787 e. The highest BCUT2D eigenvalue weighted by Crippen LogP contribution is 2.02. The second kappa shape index (κ2) is 1.62. The molecule has 2 heteroatoms. The Balaban J connectivity index is 2.42. The van der Waals surface area contributed by atoms with E-state index in [2.05, 4.69) is 4.99 Å². The molecule has 0 fully saturated rings. The fourth-order valence-electron chi connectivity index (χ4n) is 0.731. The van der Waals surface area contributed by atoms with Gasteiger partial charge in [-0.1, -0.05) is 0 Å². The predicted octanol–water partition coefficient (Wildman–Crippen LogP) is 0.212. The summed E-state index contributed by atoms with van der Waals surface area (Å²) in [4.78, 5) is 3.98. The molecule has 0 spiro atoms. The summed E-state index contributed by atoms with van der Waals surface area (Å²) < 4.78 is 0. The molecule has 0 saturated carbocycles. The van der Waals surface area contributed by atoms with Gasteiger partial charge in [0.05, 0.1) is 12.6 Å². The summed E-state index contributed by atoms with van der Waals surface area (Å²) in [7, 11) is 0. The highest BCUT2D eigenvalue weighted by Gasteiger charge is 2.10. The van der Waals surface area contributed by atoms with E-state index in [9.17, 15) is 0 Å². The molecule has 0 unspecified atom stereocenters. The molecule has 1 aliphatic rings. The van der Waals surface area contributed by atoms with Crippen LogP contribution in [0.1, 0.15) is 13.3 Å². The van der Waals surface area contributed by atoms with Crippen molar-refractivity contribution >= 4 is 5.71 Å². The van der Waals surface area contributed by atoms with Crippen LogP contribution in [0.2, 0.25) is 0 Å². The molecule has 40 valence electrons. The van der Waals surface area contributed by atoms with E-state index in [1.54, 1.807) is 0 Å².